The topological polar surface area (TPSA) is 111 Å². The van der Waals surface area contributed by atoms with Crippen molar-refractivity contribution in [3.05, 3.63) is 35.9 Å². The number of hydroxylamine groups is 1. The van der Waals surface area contributed by atoms with Gasteiger partial charge in [0.2, 0.25) is 17.7 Å². The molecule has 0 radical (unpaired) electrons. The number of hydrazine groups is 1. The van der Waals surface area contributed by atoms with Gasteiger partial charge >= 0.3 is 0 Å². The SMILES string of the molecule is CCCCCCC[C@@H](C(=O)N1NCCC[C@H]1C(=O)NC1CCCCC1)C(CCCc1ccccc1)C(=O)NO. The lowest BCUT2D eigenvalue weighted by Crippen LogP contribution is -2.61. The number of amides is 3. The van der Waals surface area contributed by atoms with E-state index < -0.39 is 23.8 Å². The first-order valence-electron chi connectivity index (χ1n) is 15.4. The maximum absolute atomic E-state index is 14.1. The Balaban J connectivity index is 1.74. The zero-order valence-electron chi connectivity index (χ0n) is 23.8. The molecule has 1 unspecified atom stereocenters. The Labute approximate surface area is 234 Å². The molecule has 39 heavy (non-hydrogen) atoms. The fourth-order valence-electron chi connectivity index (χ4n) is 6.17. The Bertz CT molecular complexity index is 875. The van der Waals surface area contributed by atoms with Crippen LogP contribution in [0.3, 0.4) is 0 Å². The van der Waals surface area contributed by atoms with Gasteiger partial charge in [-0.15, -0.1) is 0 Å². The van der Waals surface area contributed by atoms with Crippen molar-refractivity contribution in [3.8, 4) is 0 Å². The summed E-state index contributed by atoms with van der Waals surface area (Å²) in [6, 6.07) is 9.68. The van der Waals surface area contributed by atoms with Crippen LogP contribution in [-0.2, 0) is 20.8 Å². The van der Waals surface area contributed by atoms with Crippen LogP contribution < -0.4 is 16.2 Å². The average Bonchev–Trinajstić information content (AvgIpc) is 2.98. The van der Waals surface area contributed by atoms with E-state index in [1.54, 1.807) is 0 Å². The standard InChI is InChI=1S/C31H50N4O4/c1-2-3-4-5-12-20-27(26(29(36)34-39)21-13-17-24-15-8-6-9-16-24)31(38)35-28(22-14-23-32-35)30(37)33-25-18-10-7-11-19-25/h6,8-9,15-16,25-28,32,39H,2-5,7,10-14,17-23H2,1H3,(H,33,37)(H,34,36)/t26?,27-,28+/m1/s1. The van der Waals surface area contributed by atoms with E-state index in [2.05, 4.69) is 29.8 Å². The molecule has 4 N–H and O–H groups in total. The lowest BCUT2D eigenvalue weighted by molar-refractivity contribution is -0.155. The van der Waals surface area contributed by atoms with Crippen LogP contribution in [0.5, 0.6) is 0 Å². The van der Waals surface area contributed by atoms with Gasteiger partial charge in [0, 0.05) is 12.6 Å². The highest BCUT2D eigenvalue weighted by Crippen LogP contribution is 2.29. The molecule has 0 bridgehead atoms. The summed E-state index contributed by atoms with van der Waals surface area (Å²) in [6.45, 7) is 2.79. The van der Waals surface area contributed by atoms with Crippen LogP contribution in [0, 0.1) is 11.8 Å². The summed E-state index contributed by atoms with van der Waals surface area (Å²) in [5.41, 5.74) is 6.22. The van der Waals surface area contributed by atoms with Crippen LogP contribution >= 0.6 is 0 Å². The van der Waals surface area contributed by atoms with E-state index >= 15 is 0 Å². The number of hydrogen-bond acceptors (Lipinski definition) is 5. The van der Waals surface area contributed by atoms with Crippen molar-refractivity contribution in [3.63, 3.8) is 0 Å². The summed E-state index contributed by atoms with van der Waals surface area (Å²) in [4.78, 5) is 40.5. The molecule has 1 aliphatic carbocycles. The molecule has 2 fully saturated rings. The summed E-state index contributed by atoms with van der Waals surface area (Å²) in [5, 5.41) is 14.3. The number of unbranched alkanes of at least 4 members (excludes halogenated alkanes) is 4. The number of nitrogens with one attached hydrogen (secondary N) is 3. The van der Waals surface area contributed by atoms with Crippen LogP contribution in [0.2, 0.25) is 0 Å². The Hall–Kier alpha value is -2.45. The molecular weight excluding hydrogens is 492 g/mol. The fraction of sp³-hybridized carbons (Fsp3) is 0.710. The molecule has 2 aliphatic rings. The molecule has 0 aromatic heterocycles. The van der Waals surface area contributed by atoms with Crippen LogP contribution in [0.15, 0.2) is 30.3 Å². The van der Waals surface area contributed by atoms with Crippen molar-refractivity contribution in [2.24, 2.45) is 11.8 Å². The van der Waals surface area contributed by atoms with Crippen LogP contribution in [0.25, 0.3) is 0 Å². The van der Waals surface area contributed by atoms with E-state index in [1.807, 2.05) is 23.7 Å². The largest absolute Gasteiger partial charge is 0.352 e. The number of rotatable bonds is 15. The average molecular weight is 543 g/mol. The molecule has 1 aromatic rings. The van der Waals surface area contributed by atoms with Crippen LogP contribution in [0.1, 0.15) is 109 Å². The summed E-state index contributed by atoms with van der Waals surface area (Å²) in [7, 11) is 0. The lowest BCUT2D eigenvalue weighted by Gasteiger charge is -2.39. The van der Waals surface area contributed by atoms with Gasteiger partial charge in [-0.25, -0.2) is 10.9 Å². The van der Waals surface area contributed by atoms with E-state index in [9.17, 15) is 19.6 Å². The van der Waals surface area contributed by atoms with Gasteiger partial charge in [-0.2, -0.15) is 0 Å². The first-order chi connectivity index (χ1) is 19.0. The highest BCUT2D eigenvalue weighted by molar-refractivity contribution is 5.91. The van der Waals surface area contributed by atoms with Crippen molar-refractivity contribution in [1.29, 1.82) is 0 Å². The van der Waals surface area contributed by atoms with Crippen LogP contribution in [0.4, 0.5) is 0 Å². The fourth-order valence-corrected chi connectivity index (χ4v) is 6.17. The van der Waals surface area contributed by atoms with Gasteiger partial charge in [0.25, 0.3) is 0 Å². The molecule has 1 saturated heterocycles. The molecular formula is C31H50N4O4. The third-order valence-corrected chi connectivity index (χ3v) is 8.43. The van der Waals surface area contributed by atoms with Gasteiger partial charge < -0.3 is 5.32 Å². The quantitative estimate of drug-likeness (QED) is 0.141. The summed E-state index contributed by atoms with van der Waals surface area (Å²) >= 11 is 0. The van der Waals surface area contributed by atoms with Gasteiger partial charge in [0.15, 0.2) is 0 Å². The minimum Gasteiger partial charge on any atom is -0.352 e. The number of carbonyl (C=O) groups excluding carboxylic acids is 3. The number of aryl methyl sites for hydroxylation is 1. The molecule has 1 aromatic carbocycles. The third-order valence-electron chi connectivity index (χ3n) is 8.43. The summed E-state index contributed by atoms with van der Waals surface area (Å²) in [6.07, 6.45) is 14.6. The highest BCUT2D eigenvalue weighted by Gasteiger charge is 2.41. The second-order valence-corrected chi connectivity index (χ2v) is 11.4. The Morgan fingerprint density at radius 1 is 0.923 bits per heavy atom. The normalized spacial score (nSPS) is 19.7. The van der Waals surface area contributed by atoms with Gasteiger partial charge in [-0.05, 0) is 56.9 Å². The van der Waals surface area contributed by atoms with Gasteiger partial charge in [0.1, 0.15) is 6.04 Å². The smallest absolute Gasteiger partial charge is 0.247 e. The first kappa shape index (κ1) is 31.1. The molecule has 8 heteroatoms. The number of nitrogens with zero attached hydrogens (tertiary/aromatic N) is 1. The minimum atomic E-state index is -0.664. The zero-order valence-corrected chi connectivity index (χ0v) is 23.8. The number of hydrogen-bond donors (Lipinski definition) is 4. The molecule has 8 nitrogen and oxygen atoms in total. The van der Waals surface area contributed by atoms with E-state index in [0.29, 0.717) is 25.8 Å². The molecule has 3 amide bonds. The van der Waals surface area contributed by atoms with E-state index in [1.165, 1.54) is 17.0 Å². The van der Waals surface area contributed by atoms with Crippen molar-refractivity contribution < 1.29 is 19.6 Å². The predicted octanol–water partition coefficient (Wildman–Crippen LogP) is 5.05. The van der Waals surface area contributed by atoms with E-state index in [0.717, 1.165) is 77.0 Å². The maximum Gasteiger partial charge on any atom is 0.247 e. The lowest BCUT2D eigenvalue weighted by atomic mass is 9.82. The number of carbonyl (C=O) groups is 3. The second kappa shape index (κ2) is 17.3. The molecule has 1 aliphatic heterocycles. The Morgan fingerprint density at radius 2 is 1.64 bits per heavy atom. The van der Waals surface area contributed by atoms with Gasteiger partial charge in [0.05, 0.1) is 11.8 Å². The van der Waals surface area contributed by atoms with E-state index in [4.69, 9.17) is 0 Å². The summed E-state index contributed by atoms with van der Waals surface area (Å²) in [5.74, 6) is -2.10. The minimum absolute atomic E-state index is 0.101. The predicted molar refractivity (Wildman–Crippen MR) is 153 cm³/mol. The molecule has 1 saturated carbocycles. The van der Waals surface area contributed by atoms with Gasteiger partial charge in [-0.3, -0.25) is 24.6 Å². The monoisotopic (exact) mass is 542 g/mol. The van der Waals surface area contributed by atoms with Gasteiger partial charge in [-0.1, -0.05) is 88.6 Å². The Morgan fingerprint density at radius 3 is 2.36 bits per heavy atom. The van der Waals surface area contributed by atoms with Crippen molar-refractivity contribution in [1.82, 2.24) is 21.2 Å². The Kier molecular flexibility index (Phi) is 13.8. The number of benzene rings is 1. The molecule has 3 atom stereocenters. The first-order valence-corrected chi connectivity index (χ1v) is 15.4. The summed E-state index contributed by atoms with van der Waals surface area (Å²) < 4.78 is 0. The molecule has 0 spiro atoms. The molecule has 218 valence electrons. The van der Waals surface area contributed by atoms with Crippen molar-refractivity contribution >= 4 is 17.7 Å². The highest BCUT2D eigenvalue weighted by atomic mass is 16.5. The van der Waals surface area contributed by atoms with Crippen molar-refractivity contribution in [2.45, 2.75) is 122 Å². The van der Waals surface area contributed by atoms with Crippen molar-refractivity contribution in [2.75, 3.05) is 6.54 Å². The maximum atomic E-state index is 14.1. The molecule has 1 heterocycles. The van der Waals surface area contributed by atoms with E-state index in [-0.39, 0.29) is 17.9 Å². The second-order valence-electron chi connectivity index (χ2n) is 11.4. The van der Waals surface area contributed by atoms with Crippen LogP contribution in [-0.4, -0.2) is 46.6 Å². The molecule has 3 rings (SSSR count). The third kappa shape index (κ3) is 9.91. The zero-order chi connectivity index (χ0) is 27.9.